The van der Waals surface area contributed by atoms with E-state index in [9.17, 15) is 10.2 Å². The highest BCUT2D eigenvalue weighted by Crippen LogP contribution is 2.42. The van der Waals surface area contributed by atoms with Gasteiger partial charge in [-0.25, -0.2) is 4.98 Å². The van der Waals surface area contributed by atoms with Crippen LogP contribution in [-0.4, -0.2) is 15.2 Å². The Hall–Kier alpha value is -1.78. The number of fused-ring (bicyclic) bond motifs is 1. The van der Waals surface area contributed by atoms with Crippen LogP contribution >= 0.6 is 22.9 Å². The molecule has 0 unspecified atom stereocenters. The average molecular weight is 278 g/mol. The zero-order valence-corrected chi connectivity index (χ0v) is 10.7. The highest BCUT2D eigenvalue weighted by atomic mass is 35.5. The van der Waals surface area contributed by atoms with Crippen LogP contribution < -0.4 is 0 Å². The van der Waals surface area contributed by atoms with Crippen molar-refractivity contribution in [1.82, 2.24) is 4.98 Å². The van der Waals surface area contributed by atoms with Crippen molar-refractivity contribution in [3.05, 3.63) is 41.4 Å². The lowest BCUT2D eigenvalue weighted by Crippen LogP contribution is -1.79. The van der Waals surface area contributed by atoms with E-state index in [4.69, 9.17) is 11.6 Å². The van der Waals surface area contributed by atoms with Crippen LogP contribution in [0, 0.1) is 0 Å². The lowest BCUT2D eigenvalue weighted by atomic mass is 10.2. The summed E-state index contributed by atoms with van der Waals surface area (Å²) in [7, 11) is 0. The van der Waals surface area contributed by atoms with Crippen LogP contribution in [0.5, 0.6) is 11.5 Å². The molecule has 0 fully saturated rings. The van der Waals surface area contributed by atoms with Crippen molar-refractivity contribution in [3.63, 3.8) is 0 Å². The number of hydrogen-bond donors (Lipinski definition) is 2. The quantitative estimate of drug-likeness (QED) is 0.660. The van der Waals surface area contributed by atoms with Crippen LogP contribution in [0.3, 0.4) is 0 Å². The summed E-state index contributed by atoms with van der Waals surface area (Å²) >= 11 is 7.51. The van der Waals surface area contributed by atoms with Gasteiger partial charge in [0.15, 0.2) is 11.5 Å². The molecule has 0 amide bonds. The molecule has 0 atom stereocenters. The summed E-state index contributed by atoms with van der Waals surface area (Å²) in [6.45, 7) is 0. The van der Waals surface area contributed by atoms with E-state index >= 15 is 0 Å². The Balaban J connectivity index is 2.23. The fourth-order valence-corrected chi connectivity index (χ4v) is 3.01. The van der Waals surface area contributed by atoms with E-state index in [1.54, 1.807) is 6.07 Å². The minimum Gasteiger partial charge on any atom is -0.504 e. The number of nitrogens with zero attached hydrogens (tertiary/aromatic N) is 1. The molecule has 3 rings (SSSR count). The first-order valence-corrected chi connectivity index (χ1v) is 6.42. The van der Waals surface area contributed by atoms with Crippen LogP contribution in [0.1, 0.15) is 0 Å². The number of benzene rings is 2. The third-order valence-corrected chi connectivity index (χ3v) is 4.07. The molecule has 2 N–H and O–H groups in total. The van der Waals surface area contributed by atoms with Crippen LogP contribution in [0.4, 0.5) is 0 Å². The molecule has 0 aliphatic heterocycles. The number of para-hydroxylation sites is 1. The highest BCUT2D eigenvalue weighted by Gasteiger charge is 2.14. The van der Waals surface area contributed by atoms with Gasteiger partial charge in [-0.05, 0) is 24.3 Å². The van der Waals surface area contributed by atoms with E-state index < -0.39 is 0 Å². The minimum absolute atomic E-state index is 0.119. The number of halogens is 1. The second kappa shape index (κ2) is 4.15. The molecule has 0 aliphatic rings. The molecule has 0 spiro atoms. The smallest absolute Gasteiger partial charge is 0.177 e. The number of thiazole rings is 1. The Morgan fingerprint density at radius 3 is 2.61 bits per heavy atom. The standard InChI is InChI=1S/C13H8ClNO2S/c14-11-7(5-6-9(16)12(11)17)13-15-8-3-1-2-4-10(8)18-13/h1-6,16-17H. The normalized spacial score (nSPS) is 10.9. The lowest BCUT2D eigenvalue weighted by Gasteiger charge is -2.04. The van der Waals surface area contributed by atoms with Gasteiger partial charge in [0.2, 0.25) is 0 Å². The van der Waals surface area contributed by atoms with Gasteiger partial charge in [-0.15, -0.1) is 11.3 Å². The fourth-order valence-electron chi connectivity index (χ4n) is 1.71. The van der Waals surface area contributed by atoms with E-state index in [-0.39, 0.29) is 16.5 Å². The van der Waals surface area contributed by atoms with Crippen LogP contribution in [0.25, 0.3) is 20.8 Å². The SMILES string of the molecule is Oc1ccc(-c2nc3ccccc3s2)c(Cl)c1O. The molecule has 0 saturated heterocycles. The zero-order valence-electron chi connectivity index (χ0n) is 9.09. The third-order valence-electron chi connectivity index (χ3n) is 2.62. The zero-order chi connectivity index (χ0) is 12.7. The number of rotatable bonds is 1. The van der Waals surface area contributed by atoms with Gasteiger partial charge in [0.1, 0.15) is 5.01 Å². The number of aromatic hydroxyl groups is 2. The van der Waals surface area contributed by atoms with E-state index in [0.717, 1.165) is 15.2 Å². The highest BCUT2D eigenvalue weighted by molar-refractivity contribution is 7.21. The maximum absolute atomic E-state index is 9.62. The summed E-state index contributed by atoms with van der Waals surface area (Å²) in [6, 6.07) is 10.8. The van der Waals surface area contributed by atoms with Crippen molar-refractivity contribution in [2.75, 3.05) is 0 Å². The van der Waals surface area contributed by atoms with Crippen LogP contribution in [0.2, 0.25) is 5.02 Å². The molecule has 0 radical (unpaired) electrons. The summed E-state index contributed by atoms with van der Waals surface area (Å²) in [6.07, 6.45) is 0. The summed E-state index contributed by atoms with van der Waals surface area (Å²) in [5.41, 5.74) is 1.51. The third kappa shape index (κ3) is 1.70. The second-order valence-corrected chi connectivity index (χ2v) is 5.19. The van der Waals surface area contributed by atoms with Crippen molar-refractivity contribution >= 4 is 33.2 Å². The number of hydrogen-bond acceptors (Lipinski definition) is 4. The lowest BCUT2D eigenvalue weighted by molar-refractivity contribution is 0.404. The van der Waals surface area contributed by atoms with Crippen molar-refractivity contribution in [1.29, 1.82) is 0 Å². The van der Waals surface area contributed by atoms with Crippen molar-refractivity contribution in [2.45, 2.75) is 0 Å². The number of phenols is 2. The minimum atomic E-state index is -0.312. The maximum atomic E-state index is 9.62. The predicted molar refractivity (Wildman–Crippen MR) is 73.4 cm³/mol. The fraction of sp³-hybridized carbons (Fsp3) is 0. The summed E-state index contributed by atoms with van der Waals surface area (Å²) < 4.78 is 1.05. The van der Waals surface area contributed by atoms with Gasteiger partial charge in [-0.1, -0.05) is 23.7 Å². The summed E-state index contributed by atoms with van der Waals surface area (Å²) in [5.74, 6) is -0.543. The first-order valence-electron chi connectivity index (χ1n) is 5.23. The molecule has 5 heteroatoms. The molecule has 1 heterocycles. The van der Waals surface area contributed by atoms with Gasteiger partial charge in [0.05, 0.1) is 15.2 Å². The van der Waals surface area contributed by atoms with E-state index in [2.05, 4.69) is 4.98 Å². The molecule has 1 aromatic heterocycles. The van der Waals surface area contributed by atoms with Crippen molar-refractivity contribution in [2.24, 2.45) is 0 Å². The van der Waals surface area contributed by atoms with Gasteiger partial charge in [-0.2, -0.15) is 0 Å². The Bertz CT molecular complexity index is 706. The monoisotopic (exact) mass is 277 g/mol. The molecule has 3 nitrogen and oxygen atoms in total. The largest absolute Gasteiger partial charge is 0.504 e. The Kier molecular flexibility index (Phi) is 2.61. The first kappa shape index (κ1) is 11.3. The molecule has 3 aromatic rings. The number of aromatic nitrogens is 1. The Labute approximate surface area is 112 Å². The molecular formula is C13H8ClNO2S. The first-order chi connectivity index (χ1) is 8.66. The van der Waals surface area contributed by atoms with E-state index in [1.807, 2.05) is 24.3 Å². The van der Waals surface area contributed by atoms with Gasteiger partial charge in [0, 0.05) is 5.56 Å². The maximum Gasteiger partial charge on any atom is 0.177 e. The molecule has 18 heavy (non-hydrogen) atoms. The van der Waals surface area contributed by atoms with Gasteiger partial charge >= 0.3 is 0 Å². The summed E-state index contributed by atoms with van der Waals surface area (Å²) in [4.78, 5) is 4.46. The van der Waals surface area contributed by atoms with E-state index in [0.29, 0.717) is 5.56 Å². The second-order valence-electron chi connectivity index (χ2n) is 3.78. The van der Waals surface area contributed by atoms with Crippen molar-refractivity contribution < 1.29 is 10.2 Å². The molecule has 0 bridgehead atoms. The number of phenolic OH excluding ortho intramolecular Hbond substituents is 2. The molecule has 90 valence electrons. The Morgan fingerprint density at radius 1 is 1.06 bits per heavy atom. The van der Waals surface area contributed by atoms with Gasteiger partial charge in [-0.3, -0.25) is 0 Å². The van der Waals surface area contributed by atoms with Crippen LogP contribution in [-0.2, 0) is 0 Å². The Morgan fingerprint density at radius 2 is 1.83 bits per heavy atom. The topological polar surface area (TPSA) is 53.4 Å². The van der Waals surface area contributed by atoms with Crippen molar-refractivity contribution in [3.8, 4) is 22.1 Å². The molecule has 0 saturated carbocycles. The van der Waals surface area contributed by atoms with Gasteiger partial charge in [0.25, 0.3) is 0 Å². The molecule has 0 aliphatic carbocycles. The van der Waals surface area contributed by atoms with Gasteiger partial charge < -0.3 is 10.2 Å². The van der Waals surface area contributed by atoms with Crippen LogP contribution in [0.15, 0.2) is 36.4 Å². The predicted octanol–water partition coefficient (Wildman–Crippen LogP) is 4.03. The van der Waals surface area contributed by atoms with E-state index in [1.165, 1.54) is 17.4 Å². The molecular weight excluding hydrogens is 270 g/mol. The molecule has 2 aromatic carbocycles. The average Bonchev–Trinajstić information content (AvgIpc) is 2.79. The summed E-state index contributed by atoms with van der Waals surface area (Å²) in [5, 5.41) is 19.8.